The number of nitrogens with one attached hydrogen (secondary N) is 1. The number of carbonyl (C=O) groups is 3. The third-order valence-corrected chi connectivity index (χ3v) is 1.91. The Morgan fingerprint density at radius 3 is 2.88 bits per heavy atom. The highest BCUT2D eigenvalue weighted by Crippen LogP contribution is 2.07. The van der Waals surface area contributed by atoms with E-state index in [1.165, 1.54) is 19.2 Å². The number of amides is 3. The molecular formula is C10H12N2O4. The molecule has 0 saturated carbocycles. The van der Waals surface area contributed by atoms with E-state index >= 15 is 0 Å². The molecule has 1 unspecified atom stereocenters. The lowest BCUT2D eigenvalue weighted by Gasteiger charge is -2.11. The number of aliphatic imine (C=N–C) groups is 1. The highest BCUT2D eigenvalue weighted by molar-refractivity contribution is 6.10. The fourth-order valence-electron chi connectivity index (χ4n) is 1.14. The van der Waals surface area contributed by atoms with Crippen LogP contribution in [0.2, 0.25) is 0 Å². The van der Waals surface area contributed by atoms with E-state index in [0.29, 0.717) is 5.57 Å². The molecule has 0 aromatic heterocycles. The molecule has 0 aliphatic carbocycles. The van der Waals surface area contributed by atoms with Crippen molar-refractivity contribution in [2.75, 3.05) is 6.61 Å². The van der Waals surface area contributed by atoms with Gasteiger partial charge in [0.2, 0.25) is 5.91 Å². The van der Waals surface area contributed by atoms with Crippen molar-refractivity contribution in [3.8, 4) is 0 Å². The van der Waals surface area contributed by atoms with Gasteiger partial charge in [0.25, 0.3) is 0 Å². The molecule has 86 valence electrons. The number of rotatable bonds is 3. The summed E-state index contributed by atoms with van der Waals surface area (Å²) in [5.41, 5.74) is 0.308. The number of carbonyl (C=O) groups excluding carboxylic acids is 3. The fraction of sp³-hybridized carbons (Fsp3) is 0.400. The maximum Gasteiger partial charge on any atom is 0.347 e. The topological polar surface area (TPSA) is 84.8 Å². The normalized spacial score (nSPS) is 20.6. The molecule has 0 aromatic rings. The Morgan fingerprint density at radius 1 is 1.62 bits per heavy atom. The summed E-state index contributed by atoms with van der Waals surface area (Å²) < 4.78 is 4.75. The van der Waals surface area contributed by atoms with E-state index < -0.39 is 23.8 Å². The van der Waals surface area contributed by atoms with E-state index in [9.17, 15) is 14.4 Å². The average Bonchev–Trinajstić information content (AvgIpc) is 2.22. The maximum absolute atomic E-state index is 11.3. The molecular weight excluding hydrogens is 212 g/mol. The van der Waals surface area contributed by atoms with Gasteiger partial charge in [0.05, 0.1) is 12.5 Å². The number of nitrogens with zero attached hydrogens (tertiary/aromatic N) is 1. The van der Waals surface area contributed by atoms with Crippen molar-refractivity contribution in [2.45, 2.75) is 13.8 Å². The SMILES string of the molecule is CCOC(=O)/C(C)=C/C1C=NC(=O)NC1=O. The maximum atomic E-state index is 11.3. The highest BCUT2D eigenvalue weighted by Gasteiger charge is 2.22. The summed E-state index contributed by atoms with van der Waals surface area (Å²) in [6.45, 7) is 3.50. The first kappa shape index (κ1) is 12.1. The summed E-state index contributed by atoms with van der Waals surface area (Å²) in [6.07, 6.45) is 2.60. The van der Waals surface area contributed by atoms with E-state index in [4.69, 9.17) is 4.74 Å². The van der Waals surface area contributed by atoms with Gasteiger partial charge in [-0.05, 0) is 13.8 Å². The fourth-order valence-corrected chi connectivity index (χ4v) is 1.14. The summed E-state index contributed by atoms with van der Waals surface area (Å²) in [7, 11) is 0. The van der Waals surface area contributed by atoms with Gasteiger partial charge in [-0.1, -0.05) is 6.08 Å². The number of imide groups is 1. The zero-order chi connectivity index (χ0) is 12.1. The molecule has 1 aliphatic heterocycles. The van der Waals surface area contributed by atoms with Crippen molar-refractivity contribution in [1.82, 2.24) is 5.32 Å². The van der Waals surface area contributed by atoms with E-state index in [0.717, 1.165) is 0 Å². The van der Waals surface area contributed by atoms with Gasteiger partial charge < -0.3 is 4.74 Å². The molecule has 0 spiro atoms. The first-order valence-corrected chi connectivity index (χ1v) is 4.79. The molecule has 1 aliphatic rings. The molecule has 0 aromatic carbocycles. The Labute approximate surface area is 92.4 Å². The highest BCUT2D eigenvalue weighted by atomic mass is 16.5. The minimum absolute atomic E-state index is 0.271. The van der Waals surface area contributed by atoms with Crippen LogP contribution in [-0.2, 0) is 14.3 Å². The van der Waals surface area contributed by atoms with Crippen LogP contribution in [0.5, 0.6) is 0 Å². The standard InChI is InChI=1S/C10H12N2O4/c1-3-16-9(14)6(2)4-7-5-11-10(15)12-8(7)13/h4-5,7H,3H2,1-2H3,(H,12,13,15)/b6-4+. The van der Waals surface area contributed by atoms with Crippen LogP contribution in [0.1, 0.15) is 13.8 Å². The second kappa shape index (κ2) is 5.20. The largest absolute Gasteiger partial charge is 0.463 e. The van der Waals surface area contributed by atoms with E-state index in [2.05, 4.69) is 4.99 Å². The number of hydrogen-bond acceptors (Lipinski definition) is 4. The molecule has 0 bridgehead atoms. The number of urea groups is 1. The van der Waals surface area contributed by atoms with Gasteiger partial charge in [-0.25, -0.2) is 14.6 Å². The zero-order valence-electron chi connectivity index (χ0n) is 9.02. The second-order valence-electron chi connectivity index (χ2n) is 3.17. The molecule has 16 heavy (non-hydrogen) atoms. The van der Waals surface area contributed by atoms with Crippen molar-refractivity contribution in [3.63, 3.8) is 0 Å². The molecule has 0 radical (unpaired) electrons. The Kier molecular flexibility index (Phi) is 3.93. The van der Waals surface area contributed by atoms with Crippen LogP contribution in [0, 0.1) is 5.92 Å². The van der Waals surface area contributed by atoms with E-state index in [1.807, 2.05) is 5.32 Å². The van der Waals surface area contributed by atoms with E-state index in [1.54, 1.807) is 6.92 Å². The molecule has 6 heteroatoms. The smallest absolute Gasteiger partial charge is 0.347 e. The zero-order valence-corrected chi connectivity index (χ0v) is 9.02. The first-order valence-electron chi connectivity index (χ1n) is 4.79. The third-order valence-electron chi connectivity index (χ3n) is 1.91. The van der Waals surface area contributed by atoms with Crippen molar-refractivity contribution in [2.24, 2.45) is 10.9 Å². The lowest BCUT2D eigenvalue weighted by Crippen LogP contribution is -2.38. The van der Waals surface area contributed by atoms with Gasteiger partial charge in [0.15, 0.2) is 0 Å². The molecule has 6 nitrogen and oxygen atoms in total. The second-order valence-corrected chi connectivity index (χ2v) is 3.17. The summed E-state index contributed by atoms with van der Waals surface area (Å²) in [5, 5.41) is 2.03. The van der Waals surface area contributed by atoms with Gasteiger partial charge in [0, 0.05) is 11.8 Å². The number of ether oxygens (including phenoxy) is 1. The summed E-state index contributed by atoms with van der Waals surface area (Å²) in [4.78, 5) is 36.7. The Bertz CT molecular complexity index is 384. The summed E-state index contributed by atoms with van der Waals surface area (Å²) >= 11 is 0. The number of esters is 1. The van der Waals surface area contributed by atoms with Crippen LogP contribution >= 0.6 is 0 Å². The molecule has 0 saturated heterocycles. The van der Waals surface area contributed by atoms with Crippen molar-refractivity contribution in [1.29, 1.82) is 0 Å². The minimum Gasteiger partial charge on any atom is -0.463 e. The van der Waals surface area contributed by atoms with Crippen LogP contribution in [0.25, 0.3) is 0 Å². The quantitative estimate of drug-likeness (QED) is 0.556. The minimum atomic E-state index is -0.706. The van der Waals surface area contributed by atoms with Crippen molar-refractivity contribution in [3.05, 3.63) is 11.6 Å². The van der Waals surface area contributed by atoms with Gasteiger partial charge in [-0.3, -0.25) is 10.1 Å². The van der Waals surface area contributed by atoms with Gasteiger partial charge in [-0.2, -0.15) is 0 Å². The van der Waals surface area contributed by atoms with Crippen LogP contribution in [0.4, 0.5) is 4.79 Å². The molecule has 3 amide bonds. The molecule has 1 rings (SSSR count). The summed E-state index contributed by atoms with van der Waals surface area (Å²) in [6, 6.07) is -0.691. The Morgan fingerprint density at radius 2 is 2.31 bits per heavy atom. The summed E-state index contributed by atoms with van der Waals surface area (Å²) in [5.74, 6) is -1.69. The van der Waals surface area contributed by atoms with Crippen LogP contribution in [0.3, 0.4) is 0 Å². The molecule has 0 fully saturated rings. The van der Waals surface area contributed by atoms with Crippen LogP contribution < -0.4 is 5.32 Å². The lowest BCUT2D eigenvalue weighted by molar-refractivity contribution is -0.138. The van der Waals surface area contributed by atoms with Gasteiger partial charge >= 0.3 is 12.0 Å². The molecule has 1 N–H and O–H groups in total. The van der Waals surface area contributed by atoms with Crippen LogP contribution in [-0.4, -0.2) is 30.7 Å². The molecule has 1 heterocycles. The predicted molar refractivity (Wildman–Crippen MR) is 55.9 cm³/mol. The van der Waals surface area contributed by atoms with Crippen LogP contribution in [0.15, 0.2) is 16.6 Å². The van der Waals surface area contributed by atoms with Crippen molar-refractivity contribution < 1.29 is 19.1 Å². The lowest BCUT2D eigenvalue weighted by atomic mass is 10.1. The first-order chi connectivity index (χ1) is 7.54. The van der Waals surface area contributed by atoms with Crippen molar-refractivity contribution >= 4 is 24.1 Å². The predicted octanol–water partition coefficient (Wildman–Crippen LogP) is 0.433. The van der Waals surface area contributed by atoms with E-state index in [-0.39, 0.29) is 6.61 Å². The molecule has 1 atom stereocenters. The van der Waals surface area contributed by atoms with Gasteiger partial charge in [-0.15, -0.1) is 0 Å². The Hall–Kier alpha value is -1.98. The number of hydrogen-bond donors (Lipinski definition) is 1. The third kappa shape index (κ3) is 3.01. The average molecular weight is 224 g/mol. The monoisotopic (exact) mass is 224 g/mol. The van der Waals surface area contributed by atoms with Gasteiger partial charge in [0.1, 0.15) is 0 Å². The Balaban J connectivity index is 2.76.